The van der Waals surface area contributed by atoms with Crippen molar-refractivity contribution in [3.63, 3.8) is 0 Å². The highest BCUT2D eigenvalue weighted by Crippen LogP contribution is 2.37. The SMILES string of the molecule is CCOC(=O)c1c(NC(=O)CSc2nc3ccccc3[nH]2)sc2c1CCN(C)C2. The lowest BCUT2D eigenvalue weighted by Crippen LogP contribution is -2.26. The number of ether oxygens (including phenoxy) is 1. The molecule has 9 heteroatoms. The standard InChI is InChI=1S/C20H22N4O3S2/c1-3-27-19(26)17-12-8-9-24(2)10-15(12)29-18(17)23-16(25)11-28-20-21-13-6-4-5-7-14(13)22-20/h4-7H,3,8-11H2,1-2H3,(H,21,22)(H,23,25). The van der Waals surface area contributed by atoms with Gasteiger partial charge in [0.15, 0.2) is 5.16 Å². The lowest BCUT2D eigenvalue weighted by Gasteiger charge is -2.22. The Morgan fingerprint density at radius 2 is 2.21 bits per heavy atom. The molecule has 1 aliphatic rings. The van der Waals surface area contributed by atoms with Crippen molar-refractivity contribution in [2.45, 2.75) is 25.0 Å². The number of carbonyl (C=O) groups is 2. The van der Waals surface area contributed by atoms with Crippen LogP contribution < -0.4 is 5.32 Å². The largest absolute Gasteiger partial charge is 0.462 e. The highest BCUT2D eigenvalue weighted by molar-refractivity contribution is 7.99. The molecule has 2 aromatic heterocycles. The fraction of sp³-hybridized carbons (Fsp3) is 0.350. The smallest absolute Gasteiger partial charge is 0.341 e. The summed E-state index contributed by atoms with van der Waals surface area (Å²) in [5, 5.41) is 4.20. The molecule has 29 heavy (non-hydrogen) atoms. The number of carbonyl (C=O) groups excluding carboxylic acids is 2. The Balaban J connectivity index is 1.48. The first-order chi connectivity index (χ1) is 14.0. The molecule has 1 aromatic carbocycles. The number of para-hydroxylation sites is 2. The van der Waals surface area contributed by atoms with E-state index in [-0.39, 0.29) is 17.6 Å². The summed E-state index contributed by atoms with van der Waals surface area (Å²) in [6.07, 6.45) is 0.778. The number of imidazole rings is 1. The average molecular weight is 431 g/mol. The monoisotopic (exact) mass is 430 g/mol. The summed E-state index contributed by atoms with van der Waals surface area (Å²) < 4.78 is 5.25. The highest BCUT2D eigenvalue weighted by atomic mass is 32.2. The molecule has 1 aliphatic heterocycles. The number of fused-ring (bicyclic) bond motifs is 2. The normalized spacial score (nSPS) is 14.0. The van der Waals surface area contributed by atoms with Crippen molar-refractivity contribution in [3.8, 4) is 0 Å². The van der Waals surface area contributed by atoms with Gasteiger partial charge in [-0.15, -0.1) is 11.3 Å². The van der Waals surface area contributed by atoms with Gasteiger partial charge in [0.1, 0.15) is 5.00 Å². The van der Waals surface area contributed by atoms with Crippen molar-refractivity contribution in [1.82, 2.24) is 14.9 Å². The van der Waals surface area contributed by atoms with Crippen LogP contribution in [0.25, 0.3) is 11.0 Å². The predicted octanol–water partition coefficient (Wildman–Crippen LogP) is 3.52. The summed E-state index contributed by atoms with van der Waals surface area (Å²) in [6.45, 7) is 3.74. The van der Waals surface area contributed by atoms with Crippen molar-refractivity contribution >= 4 is 51.0 Å². The minimum Gasteiger partial charge on any atom is -0.462 e. The minimum atomic E-state index is -0.366. The summed E-state index contributed by atoms with van der Waals surface area (Å²) in [5.41, 5.74) is 3.33. The van der Waals surface area contributed by atoms with Crippen molar-refractivity contribution in [1.29, 1.82) is 0 Å². The maximum atomic E-state index is 12.6. The van der Waals surface area contributed by atoms with Gasteiger partial charge in [0, 0.05) is 18.0 Å². The minimum absolute atomic E-state index is 0.173. The number of esters is 1. The highest BCUT2D eigenvalue weighted by Gasteiger charge is 2.28. The fourth-order valence-corrected chi connectivity index (χ4v) is 5.35. The van der Waals surface area contributed by atoms with Gasteiger partial charge in [-0.1, -0.05) is 23.9 Å². The third kappa shape index (κ3) is 4.31. The fourth-order valence-electron chi connectivity index (χ4n) is 3.33. The zero-order valence-electron chi connectivity index (χ0n) is 16.3. The number of nitrogens with one attached hydrogen (secondary N) is 2. The van der Waals surface area contributed by atoms with E-state index in [9.17, 15) is 9.59 Å². The van der Waals surface area contributed by atoms with E-state index in [4.69, 9.17) is 4.74 Å². The van der Waals surface area contributed by atoms with E-state index in [1.807, 2.05) is 24.3 Å². The van der Waals surface area contributed by atoms with Crippen LogP contribution in [0.5, 0.6) is 0 Å². The molecule has 0 saturated heterocycles. The second-order valence-corrected chi connectivity index (χ2v) is 8.88. The first-order valence-electron chi connectivity index (χ1n) is 9.42. The summed E-state index contributed by atoms with van der Waals surface area (Å²) in [5.74, 6) is -0.340. The quantitative estimate of drug-likeness (QED) is 0.460. The van der Waals surface area contributed by atoms with Crippen LogP contribution in [0.1, 0.15) is 27.7 Å². The van der Waals surface area contributed by atoms with Crippen molar-refractivity contribution in [2.24, 2.45) is 0 Å². The maximum absolute atomic E-state index is 12.6. The number of benzene rings is 1. The van der Waals surface area contributed by atoms with Gasteiger partial charge in [0.05, 0.1) is 29.0 Å². The van der Waals surface area contributed by atoms with Crippen LogP contribution in [-0.4, -0.2) is 52.7 Å². The Morgan fingerprint density at radius 1 is 1.38 bits per heavy atom. The van der Waals surface area contributed by atoms with E-state index in [0.717, 1.165) is 41.0 Å². The molecule has 7 nitrogen and oxygen atoms in total. The van der Waals surface area contributed by atoms with E-state index in [0.29, 0.717) is 22.3 Å². The molecule has 2 N–H and O–H groups in total. The number of likely N-dealkylation sites (N-methyl/N-ethyl adjacent to an activating group) is 1. The molecule has 0 aliphatic carbocycles. The van der Waals surface area contributed by atoms with E-state index in [2.05, 4.69) is 27.2 Å². The van der Waals surface area contributed by atoms with Gasteiger partial charge in [0.25, 0.3) is 0 Å². The Hall–Kier alpha value is -2.36. The molecule has 0 radical (unpaired) electrons. The molecular weight excluding hydrogens is 408 g/mol. The summed E-state index contributed by atoms with van der Waals surface area (Å²) in [7, 11) is 2.05. The molecule has 0 bridgehead atoms. The Kier molecular flexibility index (Phi) is 5.89. The summed E-state index contributed by atoms with van der Waals surface area (Å²) in [6, 6.07) is 7.74. The molecule has 1 amide bonds. The van der Waals surface area contributed by atoms with Crippen LogP contribution in [0, 0.1) is 0 Å². The molecule has 0 fully saturated rings. The molecule has 0 saturated carbocycles. The predicted molar refractivity (Wildman–Crippen MR) is 116 cm³/mol. The molecular formula is C20H22N4O3S2. The number of aromatic amines is 1. The van der Waals surface area contributed by atoms with Gasteiger partial charge in [-0.2, -0.15) is 0 Å². The Morgan fingerprint density at radius 3 is 3.00 bits per heavy atom. The lowest BCUT2D eigenvalue weighted by atomic mass is 10.0. The molecule has 0 unspecified atom stereocenters. The number of nitrogens with zero attached hydrogens (tertiary/aromatic N) is 2. The second-order valence-electron chi connectivity index (χ2n) is 6.81. The van der Waals surface area contributed by atoms with Crippen LogP contribution in [-0.2, 0) is 22.5 Å². The van der Waals surface area contributed by atoms with E-state index in [1.54, 1.807) is 6.92 Å². The van der Waals surface area contributed by atoms with Crippen LogP contribution in [0.4, 0.5) is 5.00 Å². The van der Waals surface area contributed by atoms with Gasteiger partial charge in [-0.25, -0.2) is 9.78 Å². The number of hydrogen-bond donors (Lipinski definition) is 2. The molecule has 0 spiro atoms. The summed E-state index contributed by atoms with van der Waals surface area (Å²) in [4.78, 5) is 36.1. The first-order valence-corrected chi connectivity index (χ1v) is 11.2. The maximum Gasteiger partial charge on any atom is 0.341 e. The number of amides is 1. The Bertz CT molecular complexity index is 1030. The third-order valence-corrected chi connectivity index (χ3v) is 6.69. The summed E-state index contributed by atoms with van der Waals surface area (Å²) >= 11 is 2.80. The van der Waals surface area contributed by atoms with E-state index in [1.165, 1.54) is 23.1 Å². The van der Waals surface area contributed by atoms with Crippen molar-refractivity contribution < 1.29 is 14.3 Å². The van der Waals surface area contributed by atoms with Gasteiger partial charge < -0.3 is 19.9 Å². The van der Waals surface area contributed by atoms with E-state index < -0.39 is 0 Å². The number of thioether (sulfide) groups is 1. The number of aromatic nitrogens is 2. The van der Waals surface area contributed by atoms with Gasteiger partial charge in [-0.05, 0) is 38.1 Å². The van der Waals surface area contributed by atoms with Crippen LogP contribution >= 0.6 is 23.1 Å². The van der Waals surface area contributed by atoms with Crippen molar-refractivity contribution in [2.75, 3.05) is 31.3 Å². The zero-order valence-corrected chi connectivity index (χ0v) is 17.9. The molecule has 3 aromatic rings. The van der Waals surface area contributed by atoms with Gasteiger partial charge >= 0.3 is 5.97 Å². The number of H-pyrrole nitrogens is 1. The topological polar surface area (TPSA) is 87.3 Å². The first kappa shape index (κ1) is 19.9. The Labute approximate surface area is 176 Å². The number of thiophene rings is 1. The third-order valence-electron chi connectivity index (χ3n) is 4.69. The molecule has 4 rings (SSSR count). The van der Waals surface area contributed by atoms with Gasteiger partial charge in [-0.3, -0.25) is 4.79 Å². The number of rotatable bonds is 6. The van der Waals surface area contributed by atoms with Crippen molar-refractivity contribution in [3.05, 3.63) is 40.3 Å². The molecule has 3 heterocycles. The molecule has 152 valence electrons. The van der Waals surface area contributed by atoms with E-state index >= 15 is 0 Å². The van der Waals surface area contributed by atoms with Crippen LogP contribution in [0.2, 0.25) is 0 Å². The number of hydrogen-bond acceptors (Lipinski definition) is 7. The zero-order chi connectivity index (χ0) is 20.4. The van der Waals surface area contributed by atoms with Crippen LogP contribution in [0.3, 0.4) is 0 Å². The van der Waals surface area contributed by atoms with Crippen LogP contribution in [0.15, 0.2) is 29.4 Å². The average Bonchev–Trinajstić information content (AvgIpc) is 3.26. The second kappa shape index (κ2) is 8.56. The lowest BCUT2D eigenvalue weighted by molar-refractivity contribution is -0.113. The van der Waals surface area contributed by atoms with Gasteiger partial charge in [0.2, 0.25) is 5.91 Å². The number of anilines is 1. The molecule has 0 atom stereocenters.